The van der Waals surface area contributed by atoms with Crippen LogP contribution in [-0.4, -0.2) is 69.9 Å². The second-order valence-electron chi connectivity index (χ2n) is 9.02. The molecule has 13 nitrogen and oxygen atoms in total. The van der Waals surface area contributed by atoms with Crippen molar-refractivity contribution in [3.63, 3.8) is 0 Å². The van der Waals surface area contributed by atoms with Gasteiger partial charge >= 0.3 is 19.5 Å². The Bertz CT molecular complexity index is 1140. The van der Waals surface area contributed by atoms with Gasteiger partial charge in [0.25, 0.3) is 5.56 Å². The molecule has 0 radical (unpaired) electrons. The van der Waals surface area contributed by atoms with Gasteiger partial charge in [-0.15, -0.1) is 11.6 Å². The maximum Gasteiger partial charge on any atom is 0.407 e. The number of amides is 1. The van der Waals surface area contributed by atoms with Gasteiger partial charge in [-0.1, -0.05) is 25.6 Å². The third kappa shape index (κ3) is 6.60. The fourth-order valence-corrected chi connectivity index (χ4v) is 6.64. The van der Waals surface area contributed by atoms with Gasteiger partial charge in [-0.05, 0) is 13.8 Å². The molecular weight excluding hydrogens is 539 g/mol. The molecule has 3 N–H and O–H groups in total. The number of ether oxygens (including phenoxy) is 2. The van der Waals surface area contributed by atoms with Crippen LogP contribution in [-0.2, 0) is 27.9 Å². The molecule has 0 saturated carbocycles. The summed E-state index contributed by atoms with van der Waals surface area (Å²) in [5.74, 6) is 0.260. The quantitative estimate of drug-likeness (QED) is 0.225. The van der Waals surface area contributed by atoms with E-state index in [0.29, 0.717) is 0 Å². The van der Waals surface area contributed by atoms with Crippen LogP contribution in [0.1, 0.15) is 33.9 Å². The van der Waals surface area contributed by atoms with E-state index < -0.39 is 53.8 Å². The number of nitrogens with zero attached hydrogens (tertiary/aromatic N) is 1. The summed E-state index contributed by atoms with van der Waals surface area (Å²) in [4.78, 5) is 48.5. The van der Waals surface area contributed by atoms with Crippen molar-refractivity contribution in [2.75, 3.05) is 32.1 Å². The lowest BCUT2D eigenvalue weighted by atomic mass is 9.96. The highest BCUT2D eigenvalue weighted by Gasteiger charge is 2.59. The number of alkyl halides is 1. The molecule has 3 heterocycles. The lowest BCUT2D eigenvalue weighted by molar-refractivity contribution is -0.117. The van der Waals surface area contributed by atoms with Crippen LogP contribution in [0.2, 0.25) is 0 Å². The Labute approximate surface area is 216 Å². The van der Waals surface area contributed by atoms with E-state index in [2.05, 4.69) is 15.4 Å². The molecule has 16 heteroatoms. The van der Waals surface area contributed by atoms with Gasteiger partial charge in [0.05, 0.1) is 18.6 Å². The molecule has 1 aromatic heterocycles. The molecule has 2 fully saturated rings. The molecule has 2 saturated heterocycles. The number of alkyl carbamates (subject to hydrolysis) is 1. The summed E-state index contributed by atoms with van der Waals surface area (Å²) in [5.41, 5.74) is -2.11. The summed E-state index contributed by atoms with van der Waals surface area (Å²) in [7, 11) is -3.79. The third-order valence-corrected chi connectivity index (χ3v) is 8.82. The Morgan fingerprint density at radius 3 is 2.81 bits per heavy atom. The molecule has 202 valence electrons. The standard InChI is InChI=1S/C20H30ClN4O9PS/c1-5-31-18(29)22-11-19(2,3)16(27)36-9-7-23-35(30)32-10-12-14(34-35)20(4,21)15(33-12)25-8-6-13(26)24-17(25)28/h6,8,12,14-15H,5,7,9-11H2,1-4H3,(H,22,29)(H,23,30)(H,24,26,28)/t12-,14-,15-,20-,35?/m1/s1. The lowest BCUT2D eigenvalue weighted by Crippen LogP contribution is -2.46. The molecule has 0 aliphatic carbocycles. The van der Waals surface area contributed by atoms with E-state index in [-0.39, 0.29) is 37.2 Å². The Morgan fingerprint density at radius 1 is 1.42 bits per heavy atom. The predicted octanol–water partition coefficient (Wildman–Crippen LogP) is 1.58. The number of thioether (sulfide) groups is 1. The zero-order chi connectivity index (χ0) is 26.7. The fourth-order valence-electron chi connectivity index (χ4n) is 3.62. The molecule has 0 spiro atoms. The molecular formula is C20H30ClN4O9PS. The van der Waals surface area contributed by atoms with Gasteiger partial charge in [-0.25, -0.2) is 19.2 Å². The van der Waals surface area contributed by atoms with E-state index in [4.69, 9.17) is 30.1 Å². The highest BCUT2D eigenvalue weighted by molar-refractivity contribution is 8.13. The number of nitrogens with one attached hydrogen (secondary N) is 3. The molecule has 36 heavy (non-hydrogen) atoms. The second kappa shape index (κ2) is 11.4. The van der Waals surface area contributed by atoms with E-state index in [9.17, 15) is 23.7 Å². The van der Waals surface area contributed by atoms with Gasteiger partial charge in [0.15, 0.2) is 11.3 Å². The van der Waals surface area contributed by atoms with E-state index in [0.717, 1.165) is 22.4 Å². The molecule has 1 amide bonds. The molecule has 2 aliphatic heterocycles. The first-order chi connectivity index (χ1) is 16.8. The zero-order valence-corrected chi connectivity index (χ0v) is 22.7. The molecule has 1 unspecified atom stereocenters. The van der Waals surface area contributed by atoms with E-state index in [1.54, 1.807) is 27.7 Å². The van der Waals surface area contributed by atoms with Crippen LogP contribution in [0.5, 0.6) is 0 Å². The molecule has 0 bridgehead atoms. The van der Waals surface area contributed by atoms with Crippen LogP contribution in [0, 0.1) is 5.41 Å². The van der Waals surface area contributed by atoms with Gasteiger partial charge in [-0.3, -0.25) is 28.2 Å². The monoisotopic (exact) mass is 568 g/mol. The van der Waals surface area contributed by atoms with Crippen molar-refractivity contribution in [3.05, 3.63) is 33.1 Å². The largest absolute Gasteiger partial charge is 0.450 e. The van der Waals surface area contributed by atoms with Crippen molar-refractivity contribution in [2.24, 2.45) is 5.41 Å². The van der Waals surface area contributed by atoms with Crippen molar-refractivity contribution in [1.29, 1.82) is 0 Å². The van der Waals surface area contributed by atoms with Crippen LogP contribution in [0.3, 0.4) is 0 Å². The number of hydrogen-bond donors (Lipinski definition) is 3. The number of hydrogen-bond acceptors (Lipinski definition) is 10. The number of aromatic amines is 1. The highest BCUT2D eigenvalue weighted by Crippen LogP contribution is 2.57. The van der Waals surface area contributed by atoms with Crippen molar-refractivity contribution in [1.82, 2.24) is 20.0 Å². The Hall–Kier alpha value is -1.67. The summed E-state index contributed by atoms with van der Waals surface area (Å²) in [5, 5.41) is 5.09. The lowest BCUT2D eigenvalue weighted by Gasteiger charge is -2.35. The first-order valence-electron chi connectivity index (χ1n) is 11.2. The molecule has 0 aromatic carbocycles. The minimum absolute atomic E-state index is 0.104. The van der Waals surface area contributed by atoms with Crippen molar-refractivity contribution in [2.45, 2.75) is 51.0 Å². The first-order valence-corrected chi connectivity index (χ1v) is 14.1. The van der Waals surface area contributed by atoms with E-state index in [1.165, 1.54) is 6.20 Å². The number of aromatic nitrogens is 2. The molecule has 5 atom stereocenters. The Balaban J connectivity index is 1.53. The summed E-state index contributed by atoms with van der Waals surface area (Å²) < 4.78 is 36.1. The van der Waals surface area contributed by atoms with Crippen LogP contribution in [0.4, 0.5) is 4.79 Å². The van der Waals surface area contributed by atoms with E-state index >= 15 is 0 Å². The number of rotatable bonds is 9. The minimum atomic E-state index is -3.79. The number of fused-ring (bicyclic) bond motifs is 1. The maximum atomic E-state index is 13.2. The topological polar surface area (TPSA) is 167 Å². The maximum absolute atomic E-state index is 13.2. The minimum Gasteiger partial charge on any atom is -0.450 e. The summed E-state index contributed by atoms with van der Waals surface area (Å²) in [6.07, 6.45) is -1.93. The van der Waals surface area contributed by atoms with Gasteiger partial charge < -0.3 is 14.8 Å². The SMILES string of the molecule is CCOC(=O)NCC(C)(C)C(=O)SCCNP1(=O)OC[C@H]2O[C@@H](n3ccc(=O)[nH]c3=O)[C@](C)(Cl)[C@@H]2O1. The smallest absolute Gasteiger partial charge is 0.407 e. The molecule has 3 rings (SSSR count). The summed E-state index contributed by atoms with van der Waals surface area (Å²) in [6.45, 7) is 7.01. The van der Waals surface area contributed by atoms with Gasteiger partial charge in [0.1, 0.15) is 17.1 Å². The van der Waals surface area contributed by atoms with E-state index in [1.807, 2.05) is 0 Å². The zero-order valence-electron chi connectivity index (χ0n) is 20.3. The fraction of sp³-hybridized carbons (Fsp3) is 0.700. The summed E-state index contributed by atoms with van der Waals surface area (Å²) >= 11 is 7.72. The van der Waals surface area contributed by atoms with Crippen molar-refractivity contribution in [3.8, 4) is 0 Å². The Morgan fingerprint density at radius 2 is 2.14 bits per heavy atom. The van der Waals surface area contributed by atoms with Crippen LogP contribution in [0.15, 0.2) is 21.9 Å². The predicted molar refractivity (Wildman–Crippen MR) is 132 cm³/mol. The van der Waals surface area contributed by atoms with Crippen molar-refractivity contribution < 1.29 is 32.7 Å². The van der Waals surface area contributed by atoms with Gasteiger partial charge in [0.2, 0.25) is 0 Å². The van der Waals surface area contributed by atoms with Gasteiger partial charge in [-0.2, -0.15) is 0 Å². The highest BCUT2D eigenvalue weighted by atomic mass is 35.5. The molecule has 2 aliphatic rings. The number of carbonyl (C=O) groups is 2. The van der Waals surface area contributed by atoms with Crippen LogP contribution in [0.25, 0.3) is 0 Å². The number of carbonyl (C=O) groups excluding carboxylic acids is 2. The number of H-pyrrole nitrogens is 1. The van der Waals surface area contributed by atoms with Gasteiger partial charge in [0, 0.05) is 31.1 Å². The average Bonchev–Trinajstić information content (AvgIpc) is 3.05. The first kappa shape index (κ1) is 28.9. The van der Waals surface area contributed by atoms with Crippen LogP contribution >= 0.6 is 31.1 Å². The molecule has 1 aromatic rings. The van der Waals surface area contributed by atoms with Crippen molar-refractivity contribution >= 4 is 42.3 Å². The average molecular weight is 569 g/mol. The summed E-state index contributed by atoms with van der Waals surface area (Å²) in [6, 6.07) is 1.16. The number of halogens is 1. The van der Waals surface area contributed by atoms with Crippen LogP contribution < -0.4 is 21.7 Å². The second-order valence-corrected chi connectivity index (χ2v) is 12.7. The third-order valence-electron chi connectivity index (χ3n) is 5.59. The Kier molecular flexibility index (Phi) is 9.13. The normalized spacial score (nSPS) is 30.0.